The summed E-state index contributed by atoms with van der Waals surface area (Å²) >= 11 is 0. The second-order valence-electron chi connectivity index (χ2n) is 8.93. The molecule has 6 nitrogen and oxygen atoms in total. The van der Waals surface area contributed by atoms with Crippen molar-refractivity contribution in [1.29, 1.82) is 0 Å². The number of hydrogen-bond donors (Lipinski definition) is 0. The molecule has 0 unspecified atom stereocenters. The third-order valence-electron chi connectivity index (χ3n) is 5.88. The smallest absolute Gasteiger partial charge is 0.258 e. The highest BCUT2D eigenvalue weighted by Gasteiger charge is 2.48. The van der Waals surface area contributed by atoms with Gasteiger partial charge in [0.1, 0.15) is 0 Å². The highest BCUT2D eigenvalue weighted by atomic mass is 32.2. The monoisotopic (exact) mass is 442 g/mol. The largest absolute Gasteiger partial charge is 0.270 e. The van der Waals surface area contributed by atoms with Gasteiger partial charge in [-0.3, -0.25) is 10.1 Å². The van der Waals surface area contributed by atoms with E-state index >= 15 is 0 Å². The van der Waals surface area contributed by atoms with Crippen LogP contribution in [0, 0.1) is 36.8 Å². The van der Waals surface area contributed by atoms with Crippen LogP contribution in [0.2, 0.25) is 0 Å². The Morgan fingerprint density at radius 1 is 1.19 bits per heavy atom. The van der Waals surface area contributed by atoms with E-state index in [2.05, 4.69) is 20.4 Å². The van der Waals surface area contributed by atoms with Crippen molar-refractivity contribution >= 4 is 21.3 Å². The summed E-state index contributed by atoms with van der Waals surface area (Å²) in [7, 11) is -3.77. The normalized spacial score (nSPS) is 19.3. The van der Waals surface area contributed by atoms with E-state index in [1.54, 1.807) is 16.4 Å². The molecule has 2 aromatic carbocycles. The lowest BCUT2D eigenvalue weighted by molar-refractivity contribution is -0.384. The van der Waals surface area contributed by atoms with Crippen LogP contribution in [0.15, 0.2) is 47.9 Å². The highest BCUT2D eigenvalue weighted by molar-refractivity contribution is 7.89. The number of non-ortho nitro benzene ring substituents is 1. The Labute approximate surface area is 184 Å². The average molecular weight is 443 g/mol. The molecule has 0 bridgehead atoms. The summed E-state index contributed by atoms with van der Waals surface area (Å²) in [6.45, 7) is 13.9. The third kappa shape index (κ3) is 4.43. The molecule has 0 amide bonds. The molecule has 0 aromatic heterocycles. The molecule has 2 atom stereocenters. The number of aryl methyl sites for hydroxylation is 3. The Morgan fingerprint density at radius 2 is 1.81 bits per heavy atom. The van der Waals surface area contributed by atoms with Crippen molar-refractivity contribution in [3.8, 4) is 0 Å². The van der Waals surface area contributed by atoms with Gasteiger partial charge >= 0.3 is 0 Å². The molecule has 3 rings (SSSR count). The quantitative estimate of drug-likeness (QED) is 0.424. The van der Waals surface area contributed by atoms with Crippen LogP contribution in [0.5, 0.6) is 0 Å². The number of nitro benzene ring substituents is 1. The maximum Gasteiger partial charge on any atom is 0.270 e. The van der Waals surface area contributed by atoms with Gasteiger partial charge in [0.2, 0.25) is 10.0 Å². The Hall–Kier alpha value is -2.51. The summed E-state index contributed by atoms with van der Waals surface area (Å²) in [5, 5.41) is 11.2. The zero-order valence-corrected chi connectivity index (χ0v) is 19.6. The topological polar surface area (TPSA) is 80.5 Å². The molecular formula is C24H30N2O4S. The first-order valence-corrected chi connectivity index (χ1v) is 11.9. The van der Waals surface area contributed by atoms with E-state index in [1.165, 1.54) is 12.1 Å². The predicted molar refractivity (Wildman–Crippen MR) is 123 cm³/mol. The van der Waals surface area contributed by atoms with Crippen molar-refractivity contribution in [1.82, 2.24) is 4.31 Å². The van der Waals surface area contributed by atoms with Gasteiger partial charge in [-0.05, 0) is 61.8 Å². The zero-order valence-electron chi connectivity index (χ0n) is 18.8. The lowest BCUT2D eigenvalue weighted by atomic mass is 9.84. The lowest BCUT2D eigenvalue weighted by Crippen LogP contribution is -2.59. The molecule has 1 heterocycles. The third-order valence-corrected chi connectivity index (χ3v) is 8.14. The number of hydrogen-bond acceptors (Lipinski definition) is 4. The summed E-state index contributed by atoms with van der Waals surface area (Å²) in [5.74, 6) is 0.343. The van der Waals surface area contributed by atoms with E-state index < -0.39 is 21.0 Å². The fourth-order valence-corrected chi connectivity index (χ4v) is 6.93. The lowest BCUT2D eigenvalue weighted by Gasteiger charge is -2.49. The minimum atomic E-state index is -3.77. The van der Waals surface area contributed by atoms with Gasteiger partial charge < -0.3 is 0 Å². The van der Waals surface area contributed by atoms with Crippen LogP contribution in [0.4, 0.5) is 5.69 Å². The van der Waals surface area contributed by atoms with Crippen LogP contribution in [0.3, 0.4) is 0 Å². The number of benzene rings is 2. The van der Waals surface area contributed by atoms with Gasteiger partial charge in [-0.2, -0.15) is 4.31 Å². The molecule has 0 spiro atoms. The average Bonchev–Trinajstić information content (AvgIpc) is 2.62. The van der Waals surface area contributed by atoms with Crippen molar-refractivity contribution in [3.63, 3.8) is 0 Å². The van der Waals surface area contributed by atoms with Gasteiger partial charge in [0.05, 0.1) is 15.9 Å². The van der Waals surface area contributed by atoms with Gasteiger partial charge in [-0.25, -0.2) is 8.42 Å². The Kier molecular flexibility index (Phi) is 6.39. The number of nitrogens with zero attached hydrogens (tertiary/aromatic N) is 2. The molecule has 1 aliphatic heterocycles. The summed E-state index contributed by atoms with van der Waals surface area (Å²) in [4.78, 5) is 11.1. The standard InChI is InChI=1S/C24H30N2O4S/c1-15(2)10-22-14-23(19(6)20-8-7-9-21(13-20)26(27)28)25(22)31(29,30)24-17(4)11-16(3)12-18(24)5/h7-9,11-13,15,22-23H,6,10,14H2,1-5H3/t22-,23-/m0/s1. The van der Waals surface area contributed by atoms with Crippen molar-refractivity contribution in [2.24, 2.45) is 5.92 Å². The first-order valence-electron chi connectivity index (χ1n) is 10.5. The van der Waals surface area contributed by atoms with Gasteiger partial charge in [-0.1, -0.05) is 50.3 Å². The van der Waals surface area contributed by atoms with E-state index in [9.17, 15) is 18.5 Å². The second kappa shape index (κ2) is 8.55. The van der Waals surface area contributed by atoms with Crippen molar-refractivity contribution < 1.29 is 13.3 Å². The fourth-order valence-electron chi connectivity index (χ4n) is 4.68. The highest BCUT2D eigenvalue weighted by Crippen LogP contribution is 2.43. The fraction of sp³-hybridized carbons (Fsp3) is 0.417. The van der Waals surface area contributed by atoms with Gasteiger partial charge in [0.15, 0.2) is 0 Å². The molecule has 1 fully saturated rings. The predicted octanol–water partition coefficient (Wildman–Crippen LogP) is 5.41. The van der Waals surface area contributed by atoms with E-state index in [0.29, 0.717) is 28.4 Å². The summed E-state index contributed by atoms with van der Waals surface area (Å²) in [6.07, 6.45) is 1.41. The van der Waals surface area contributed by atoms with Crippen molar-refractivity contribution in [3.05, 3.63) is 75.3 Å². The molecule has 0 radical (unpaired) electrons. The summed E-state index contributed by atoms with van der Waals surface area (Å²) in [6, 6.07) is 9.48. The van der Waals surface area contributed by atoms with Crippen molar-refractivity contribution in [2.45, 2.75) is 64.4 Å². The van der Waals surface area contributed by atoms with Crippen LogP contribution in [0.1, 0.15) is 48.9 Å². The first-order chi connectivity index (χ1) is 14.4. The Morgan fingerprint density at radius 3 is 2.35 bits per heavy atom. The molecule has 0 N–H and O–H groups in total. The minimum Gasteiger partial charge on any atom is -0.258 e. The molecule has 7 heteroatoms. The summed E-state index contributed by atoms with van der Waals surface area (Å²) < 4.78 is 29.3. The summed E-state index contributed by atoms with van der Waals surface area (Å²) in [5.41, 5.74) is 3.64. The molecular weight excluding hydrogens is 412 g/mol. The Bertz CT molecular complexity index is 1120. The molecule has 0 aliphatic carbocycles. The maximum absolute atomic E-state index is 13.9. The van der Waals surface area contributed by atoms with Crippen LogP contribution >= 0.6 is 0 Å². The molecule has 1 saturated heterocycles. The Balaban J connectivity index is 2.04. The SMILES string of the molecule is C=C(c1cccc([N+](=O)[O-])c1)[C@@H]1C[C@H](CC(C)C)N1S(=O)(=O)c1c(C)cc(C)cc1C. The van der Waals surface area contributed by atoms with Gasteiger partial charge in [0.25, 0.3) is 5.69 Å². The van der Waals surface area contributed by atoms with Gasteiger partial charge in [-0.15, -0.1) is 0 Å². The van der Waals surface area contributed by atoms with E-state index in [1.807, 2.05) is 32.9 Å². The van der Waals surface area contributed by atoms with E-state index in [4.69, 9.17) is 0 Å². The minimum absolute atomic E-state index is 0.0312. The van der Waals surface area contributed by atoms with E-state index in [-0.39, 0.29) is 11.7 Å². The molecule has 31 heavy (non-hydrogen) atoms. The van der Waals surface area contributed by atoms with E-state index in [0.717, 1.165) is 23.1 Å². The maximum atomic E-state index is 13.9. The van der Waals surface area contributed by atoms with Crippen LogP contribution < -0.4 is 0 Å². The molecule has 0 saturated carbocycles. The molecule has 2 aromatic rings. The second-order valence-corrected chi connectivity index (χ2v) is 10.7. The number of nitro groups is 1. The van der Waals surface area contributed by atoms with Crippen molar-refractivity contribution in [2.75, 3.05) is 0 Å². The van der Waals surface area contributed by atoms with Crippen LogP contribution in [0.25, 0.3) is 5.57 Å². The molecule has 166 valence electrons. The zero-order chi connectivity index (χ0) is 23.1. The number of rotatable bonds is 7. The van der Waals surface area contributed by atoms with Gasteiger partial charge in [0, 0.05) is 18.2 Å². The van der Waals surface area contributed by atoms with Crippen LogP contribution in [-0.4, -0.2) is 29.7 Å². The van der Waals surface area contributed by atoms with Crippen LogP contribution in [-0.2, 0) is 10.0 Å². The first kappa shape index (κ1) is 23.2. The number of sulfonamides is 1. The molecule has 1 aliphatic rings.